The van der Waals surface area contributed by atoms with Crippen molar-refractivity contribution < 1.29 is 23.9 Å². The van der Waals surface area contributed by atoms with Crippen LogP contribution < -0.4 is 11.1 Å². The van der Waals surface area contributed by atoms with Crippen molar-refractivity contribution in [3.8, 4) is 0 Å². The van der Waals surface area contributed by atoms with Crippen LogP contribution in [-0.2, 0) is 19.1 Å². The molecule has 0 spiro atoms. The van der Waals surface area contributed by atoms with E-state index in [1.54, 1.807) is 13.8 Å². The first kappa shape index (κ1) is 21.1. The molecule has 0 saturated carbocycles. The Morgan fingerprint density at radius 2 is 1.86 bits per heavy atom. The number of primary amides is 1. The van der Waals surface area contributed by atoms with Gasteiger partial charge < -0.3 is 10.5 Å². The zero-order chi connectivity index (χ0) is 20.7. The summed E-state index contributed by atoms with van der Waals surface area (Å²) in [6.45, 7) is 3.77. The molecule has 0 aromatic heterocycles. The van der Waals surface area contributed by atoms with Crippen LogP contribution in [0.2, 0.25) is 0 Å². The lowest BCUT2D eigenvalue weighted by molar-refractivity contribution is -0.159. The molecule has 0 fully saturated rings. The van der Waals surface area contributed by atoms with Crippen molar-refractivity contribution in [3.63, 3.8) is 0 Å². The number of carbonyl (C=O) groups is 4. The molecule has 2 rings (SSSR count). The van der Waals surface area contributed by atoms with E-state index in [4.69, 9.17) is 10.5 Å². The van der Waals surface area contributed by atoms with Gasteiger partial charge in [-0.3, -0.25) is 19.7 Å². The van der Waals surface area contributed by atoms with Gasteiger partial charge >= 0.3 is 12.0 Å². The number of hydrogen-bond acceptors (Lipinski definition) is 6. The fourth-order valence-electron chi connectivity index (χ4n) is 2.69. The van der Waals surface area contributed by atoms with Crippen molar-refractivity contribution >= 4 is 29.5 Å². The van der Waals surface area contributed by atoms with Gasteiger partial charge in [0.05, 0.1) is 18.7 Å². The standard InChI is InChI=1S/C19H24N4O5/c1-12(2)17(18(26)21-19(20)27)28-16(25)9-8-15(24)23-11-10-14(22-23)13-6-4-3-5-7-13/h3-7,12,17H,8-11H2,1-2H3,(H3,20,21,26,27)/t17-/m0/s1. The molecule has 1 aromatic rings. The van der Waals surface area contributed by atoms with E-state index in [0.29, 0.717) is 13.0 Å². The SMILES string of the molecule is CC(C)[C@H](OC(=O)CCC(=O)N1CCC(c2ccccc2)=N1)C(=O)NC(N)=O. The van der Waals surface area contributed by atoms with Gasteiger partial charge in [0.1, 0.15) is 0 Å². The van der Waals surface area contributed by atoms with E-state index in [-0.39, 0.29) is 24.7 Å². The number of nitrogens with one attached hydrogen (secondary N) is 1. The van der Waals surface area contributed by atoms with Crippen molar-refractivity contribution in [2.24, 2.45) is 16.8 Å². The summed E-state index contributed by atoms with van der Waals surface area (Å²) in [7, 11) is 0. The van der Waals surface area contributed by atoms with Crippen LogP contribution in [0.25, 0.3) is 0 Å². The summed E-state index contributed by atoms with van der Waals surface area (Å²) in [4.78, 5) is 47.0. The average molecular weight is 388 g/mol. The highest BCUT2D eigenvalue weighted by molar-refractivity contribution is 6.02. The maximum atomic E-state index is 12.3. The van der Waals surface area contributed by atoms with Crippen molar-refractivity contribution in [3.05, 3.63) is 35.9 Å². The number of benzene rings is 1. The number of nitrogens with zero attached hydrogens (tertiary/aromatic N) is 2. The molecule has 0 radical (unpaired) electrons. The second-order valence-electron chi connectivity index (χ2n) is 6.69. The van der Waals surface area contributed by atoms with Crippen LogP contribution in [0.5, 0.6) is 0 Å². The fraction of sp³-hybridized carbons (Fsp3) is 0.421. The maximum Gasteiger partial charge on any atom is 0.318 e. The van der Waals surface area contributed by atoms with Crippen LogP contribution in [0.1, 0.15) is 38.7 Å². The molecule has 4 amide bonds. The first-order chi connectivity index (χ1) is 13.3. The Morgan fingerprint density at radius 1 is 1.18 bits per heavy atom. The third-order valence-corrected chi connectivity index (χ3v) is 4.11. The number of urea groups is 1. The molecule has 0 bridgehead atoms. The minimum Gasteiger partial charge on any atom is -0.452 e. The predicted octanol–water partition coefficient (Wildman–Crippen LogP) is 1.17. The smallest absolute Gasteiger partial charge is 0.318 e. The Balaban J connectivity index is 1.86. The summed E-state index contributed by atoms with van der Waals surface area (Å²) in [5, 5.41) is 7.55. The van der Waals surface area contributed by atoms with Gasteiger partial charge in [-0.15, -0.1) is 0 Å². The molecule has 1 atom stereocenters. The maximum absolute atomic E-state index is 12.3. The molecule has 150 valence electrons. The molecular weight excluding hydrogens is 364 g/mol. The lowest BCUT2D eigenvalue weighted by Gasteiger charge is -2.20. The van der Waals surface area contributed by atoms with Crippen LogP contribution in [0.3, 0.4) is 0 Å². The third-order valence-electron chi connectivity index (χ3n) is 4.11. The van der Waals surface area contributed by atoms with Gasteiger partial charge in [0.15, 0.2) is 6.10 Å². The number of imide groups is 1. The lowest BCUT2D eigenvalue weighted by atomic mass is 10.1. The van der Waals surface area contributed by atoms with Gasteiger partial charge in [-0.2, -0.15) is 5.10 Å². The monoisotopic (exact) mass is 388 g/mol. The van der Waals surface area contributed by atoms with Crippen LogP contribution in [-0.4, -0.2) is 47.2 Å². The van der Waals surface area contributed by atoms with Gasteiger partial charge in [-0.1, -0.05) is 44.2 Å². The van der Waals surface area contributed by atoms with Gasteiger partial charge in [0.2, 0.25) is 5.91 Å². The molecule has 1 aromatic carbocycles. The second-order valence-corrected chi connectivity index (χ2v) is 6.69. The highest BCUT2D eigenvalue weighted by Crippen LogP contribution is 2.15. The highest BCUT2D eigenvalue weighted by atomic mass is 16.5. The number of nitrogens with two attached hydrogens (primary N) is 1. The van der Waals surface area contributed by atoms with E-state index in [9.17, 15) is 19.2 Å². The normalized spacial score (nSPS) is 14.4. The summed E-state index contributed by atoms with van der Waals surface area (Å²) in [5.41, 5.74) is 6.68. The minimum absolute atomic E-state index is 0.0906. The molecule has 0 aliphatic carbocycles. The van der Waals surface area contributed by atoms with Gasteiger partial charge in [0.25, 0.3) is 5.91 Å². The summed E-state index contributed by atoms with van der Waals surface area (Å²) in [6, 6.07) is 8.53. The van der Waals surface area contributed by atoms with Gasteiger partial charge in [-0.25, -0.2) is 9.80 Å². The number of ether oxygens (including phenoxy) is 1. The number of rotatable bonds is 7. The molecule has 9 heteroatoms. The van der Waals surface area contributed by atoms with E-state index < -0.39 is 24.0 Å². The Hall–Kier alpha value is -3.23. The number of esters is 1. The van der Waals surface area contributed by atoms with Crippen LogP contribution in [0.4, 0.5) is 4.79 Å². The molecule has 0 saturated heterocycles. The van der Waals surface area contributed by atoms with Crippen molar-refractivity contribution in [2.45, 2.75) is 39.2 Å². The van der Waals surface area contributed by atoms with Crippen molar-refractivity contribution in [2.75, 3.05) is 6.54 Å². The van der Waals surface area contributed by atoms with E-state index in [2.05, 4.69) is 5.10 Å². The zero-order valence-corrected chi connectivity index (χ0v) is 15.9. The number of hydrogen-bond donors (Lipinski definition) is 2. The quantitative estimate of drug-likeness (QED) is 0.677. The summed E-state index contributed by atoms with van der Waals surface area (Å²) >= 11 is 0. The molecule has 28 heavy (non-hydrogen) atoms. The predicted molar refractivity (Wildman–Crippen MR) is 101 cm³/mol. The molecular formula is C19H24N4O5. The molecule has 3 N–H and O–H groups in total. The topological polar surface area (TPSA) is 131 Å². The molecule has 1 heterocycles. The first-order valence-corrected chi connectivity index (χ1v) is 9.01. The van der Waals surface area contributed by atoms with Gasteiger partial charge in [0, 0.05) is 12.8 Å². The Morgan fingerprint density at radius 3 is 2.46 bits per heavy atom. The largest absolute Gasteiger partial charge is 0.452 e. The molecule has 1 aliphatic heterocycles. The Kier molecular flexibility index (Phi) is 7.25. The average Bonchev–Trinajstić information content (AvgIpc) is 3.14. The first-order valence-electron chi connectivity index (χ1n) is 9.01. The van der Waals surface area contributed by atoms with E-state index in [0.717, 1.165) is 11.3 Å². The van der Waals surface area contributed by atoms with E-state index >= 15 is 0 Å². The zero-order valence-electron chi connectivity index (χ0n) is 15.9. The van der Waals surface area contributed by atoms with E-state index in [1.807, 2.05) is 35.6 Å². The fourth-order valence-corrected chi connectivity index (χ4v) is 2.69. The van der Waals surface area contributed by atoms with Crippen LogP contribution in [0.15, 0.2) is 35.4 Å². The number of carbonyl (C=O) groups excluding carboxylic acids is 4. The Labute approximate surface area is 162 Å². The second kappa shape index (κ2) is 9.63. The van der Waals surface area contributed by atoms with Crippen molar-refractivity contribution in [1.29, 1.82) is 0 Å². The molecule has 1 aliphatic rings. The van der Waals surface area contributed by atoms with Crippen LogP contribution in [0, 0.1) is 5.92 Å². The lowest BCUT2D eigenvalue weighted by Crippen LogP contribution is -2.45. The third kappa shape index (κ3) is 5.90. The van der Waals surface area contributed by atoms with E-state index in [1.165, 1.54) is 5.01 Å². The minimum atomic E-state index is -1.16. The summed E-state index contributed by atoms with van der Waals surface area (Å²) in [6.07, 6.45) is -0.807. The van der Waals surface area contributed by atoms with Crippen molar-refractivity contribution in [1.82, 2.24) is 10.3 Å². The highest BCUT2D eigenvalue weighted by Gasteiger charge is 2.28. The molecule has 9 nitrogen and oxygen atoms in total. The molecule has 0 unspecified atom stereocenters. The summed E-state index contributed by atoms with van der Waals surface area (Å²) in [5.74, 6) is -2.17. The number of hydrazone groups is 1. The summed E-state index contributed by atoms with van der Waals surface area (Å²) < 4.78 is 5.11. The van der Waals surface area contributed by atoms with Gasteiger partial charge in [-0.05, 0) is 11.5 Å². The number of amides is 4. The van der Waals surface area contributed by atoms with Crippen LogP contribution >= 0.6 is 0 Å². The Bertz CT molecular complexity index is 776.